The maximum atomic E-state index is 13.5. The van der Waals surface area contributed by atoms with Crippen LogP contribution in [-0.4, -0.2) is 45.7 Å². The summed E-state index contributed by atoms with van der Waals surface area (Å²) < 4.78 is 31.9. The number of halogens is 3. The van der Waals surface area contributed by atoms with E-state index in [0.29, 0.717) is 24.5 Å². The summed E-state index contributed by atoms with van der Waals surface area (Å²) in [6, 6.07) is 8.45. The number of quaternary nitrogens is 2. The van der Waals surface area contributed by atoms with Gasteiger partial charge in [-0.1, -0.05) is 11.6 Å². The third-order valence-corrected chi connectivity index (χ3v) is 5.28. The van der Waals surface area contributed by atoms with Gasteiger partial charge in [-0.3, -0.25) is 4.79 Å². The van der Waals surface area contributed by atoms with Crippen LogP contribution in [-0.2, 0) is 11.3 Å². The van der Waals surface area contributed by atoms with Gasteiger partial charge in [0.05, 0.1) is 23.4 Å². The van der Waals surface area contributed by atoms with Crippen LogP contribution in [0.25, 0.3) is 0 Å². The summed E-state index contributed by atoms with van der Waals surface area (Å²) in [5.74, 6) is -0.170. The Kier molecular flexibility index (Phi) is 6.83. The van der Waals surface area contributed by atoms with Crippen molar-refractivity contribution in [2.45, 2.75) is 6.54 Å². The lowest BCUT2D eigenvalue weighted by atomic mass is 10.1. The summed E-state index contributed by atoms with van der Waals surface area (Å²) in [5.41, 5.74) is 1.26. The summed E-state index contributed by atoms with van der Waals surface area (Å²) >= 11 is 5.95. The van der Waals surface area contributed by atoms with E-state index in [1.54, 1.807) is 13.2 Å². The molecule has 5 nitrogen and oxygen atoms in total. The van der Waals surface area contributed by atoms with Crippen molar-refractivity contribution in [1.29, 1.82) is 0 Å². The molecule has 0 aliphatic carbocycles. The monoisotopic (exact) mass is 411 g/mol. The molecule has 0 spiro atoms. The van der Waals surface area contributed by atoms with Crippen molar-refractivity contribution >= 4 is 23.2 Å². The predicted octanol–water partition coefficient (Wildman–Crippen LogP) is 0.549. The number of methoxy groups -OCH3 is 1. The van der Waals surface area contributed by atoms with Gasteiger partial charge < -0.3 is 19.9 Å². The summed E-state index contributed by atoms with van der Waals surface area (Å²) in [7, 11) is 1.58. The third kappa shape index (κ3) is 5.41. The Morgan fingerprint density at radius 1 is 1.07 bits per heavy atom. The fourth-order valence-electron chi connectivity index (χ4n) is 3.48. The van der Waals surface area contributed by atoms with Crippen LogP contribution in [0.1, 0.15) is 5.56 Å². The minimum atomic E-state index is -0.442. The van der Waals surface area contributed by atoms with E-state index < -0.39 is 5.82 Å². The molecule has 1 heterocycles. The van der Waals surface area contributed by atoms with Crippen LogP contribution in [0.3, 0.4) is 0 Å². The van der Waals surface area contributed by atoms with Crippen molar-refractivity contribution in [1.82, 2.24) is 0 Å². The van der Waals surface area contributed by atoms with Gasteiger partial charge >= 0.3 is 0 Å². The average Bonchev–Trinajstić information content (AvgIpc) is 2.66. The Balaban J connectivity index is 1.49. The summed E-state index contributed by atoms with van der Waals surface area (Å²) in [6.07, 6.45) is 0. The number of hydrogen-bond donors (Lipinski definition) is 3. The van der Waals surface area contributed by atoms with Gasteiger partial charge in [0.2, 0.25) is 0 Å². The van der Waals surface area contributed by atoms with Crippen molar-refractivity contribution in [3.8, 4) is 5.75 Å². The maximum Gasteiger partial charge on any atom is 0.279 e. The molecule has 2 aromatic rings. The molecule has 1 amide bonds. The number of hydrogen-bond acceptors (Lipinski definition) is 2. The number of nitrogens with one attached hydrogen (secondary N) is 3. The molecule has 1 saturated heterocycles. The lowest BCUT2D eigenvalue weighted by Crippen LogP contribution is -3.28. The number of anilines is 1. The average molecular weight is 412 g/mol. The Bertz CT molecular complexity index is 842. The van der Waals surface area contributed by atoms with Gasteiger partial charge in [-0.15, -0.1) is 0 Å². The molecule has 0 saturated carbocycles. The Hall–Kier alpha value is -2.22. The fraction of sp³-hybridized carbons (Fsp3) is 0.350. The first-order valence-electron chi connectivity index (χ1n) is 9.19. The summed E-state index contributed by atoms with van der Waals surface area (Å²) in [5, 5.41) is 2.92. The highest BCUT2D eigenvalue weighted by molar-refractivity contribution is 6.33. The molecular weight excluding hydrogens is 388 g/mol. The molecule has 0 bridgehead atoms. The van der Waals surface area contributed by atoms with Crippen LogP contribution in [0.15, 0.2) is 36.4 Å². The molecular formula is C20H24ClF2N3O2+2. The van der Waals surface area contributed by atoms with Crippen LogP contribution in [0.2, 0.25) is 5.02 Å². The molecule has 1 aliphatic rings. The van der Waals surface area contributed by atoms with Gasteiger partial charge in [0.25, 0.3) is 5.91 Å². The van der Waals surface area contributed by atoms with E-state index in [1.807, 2.05) is 0 Å². The van der Waals surface area contributed by atoms with E-state index in [1.165, 1.54) is 40.1 Å². The molecule has 0 radical (unpaired) electrons. The molecule has 1 aliphatic heterocycles. The van der Waals surface area contributed by atoms with Crippen LogP contribution < -0.4 is 19.9 Å². The molecule has 0 atom stereocenters. The third-order valence-electron chi connectivity index (χ3n) is 4.96. The second-order valence-corrected chi connectivity index (χ2v) is 7.39. The largest absolute Gasteiger partial charge is 0.496 e. The molecule has 3 N–H and O–H groups in total. The Morgan fingerprint density at radius 3 is 2.39 bits per heavy atom. The maximum absolute atomic E-state index is 13.5. The molecule has 1 fully saturated rings. The van der Waals surface area contributed by atoms with Gasteiger partial charge in [-0.05, 0) is 36.4 Å². The van der Waals surface area contributed by atoms with Crippen LogP contribution in [0.4, 0.5) is 14.5 Å². The summed E-state index contributed by atoms with van der Waals surface area (Å²) in [6.45, 7) is 4.42. The zero-order valence-electron chi connectivity index (χ0n) is 15.7. The molecule has 28 heavy (non-hydrogen) atoms. The highest BCUT2D eigenvalue weighted by Crippen LogP contribution is 2.22. The normalized spacial score (nSPS) is 19.3. The topological polar surface area (TPSA) is 47.2 Å². The van der Waals surface area contributed by atoms with Crippen LogP contribution in [0.5, 0.6) is 5.75 Å². The van der Waals surface area contributed by atoms with Crippen molar-refractivity contribution < 1.29 is 28.1 Å². The second-order valence-electron chi connectivity index (χ2n) is 6.98. The van der Waals surface area contributed by atoms with E-state index in [-0.39, 0.29) is 16.7 Å². The number of amides is 1. The van der Waals surface area contributed by atoms with Gasteiger partial charge in [-0.2, -0.15) is 0 Å². The Labute approximate surface area is 167 Å². The minimum absolute atomic E-state index is 0.154. The van der Waals surface area contributed by atoms with Crippen LogP contribution in [0, 0.1) is 11.6 Å². The van der Waals surface area contributed by atoms with Crippen LogP contribution >= 0.6 is 11.6 Å². The number of benzene rings is 2. The van der Waals surface area contributed by atoms with Crippen molar-refractivity contribution in [3.63, 3.8) is 0 Å². The molecule has 150 valence electrons. The van der Waals surface area contributed by atoms with E-state index in [9.17, 15) is 13.6 Å². The lowest BCUT2D eigenvalue weighted by molar-refractivity contribution is -1.02. The van der Waals surface area contributed by atoms with E-state index in [2.05, 4.69) is 5.32 Å². The standard InChI is InChI=1S/C20H22ClF2N3O2/c1-28-19-5-3-15(22)10-14(19)12-25-6-8-26(9-7-25)13-20(27)24-18-4-2-16(23)11-17(18)21/h2-5,10-11H,6-9,12-13H2,1H3,(H,24,27)/p+2. The quantitative estimate of drug-likeness (QED) is 0.650. The van der Waals surface area contributed by atoms with Crippen molar-refractivity contribution in [2.24, 2.45) is 0 Å². The predicted molar refractivity (Wildman–Crippen MR) is 103 cm³/mol. The first kappa shape index (κ1) is 20.5. The highest BCUT2D eigenvalue weighted by Gasteiger charge is 2.26. The van der Waals surface area contributed by atoms with Gasteiger partial charge in [-0.25, -0.2) is 8.78 Å². The van der Waals surface area contributed by atoms with E-state index in [0.717, 1.165) is 31.7 Å². The van der Waals surface area contributed by atoms with Gasteiger partial charge in [0, 0.05) is 0 Å². The number of rotatable bonds is 6. The number of piperazine rings is 1. The molecule has 2 aromatic carbocycles. The highest BCUT2D eigenvalue weighted by atomic mass is 35.5. The molecule has 0 aromatic heterocycles. The molecule has 3 rings (SSSR count). The summed E-state index contributed by atoms with van der Waals surface area (Å²) in [4.78, 5) is 14.8. The minimum Gasteiger partial charge on any atom is -0.496 e. The van der Waals surface area contributed by atoms with Crippen molar-refractivity contribution in [2.75, 3.05) is 45.2 Å². The number of carbonyl (C=O) groups excluding carboxylic acids is 1. The molecule has 8 heteroatoms. The molecule has 0 unspecified atom stereocenters. The number of carbonyl (C=O) groups is 1. The zero-order chi connectivity index (χ0) is 20.1. The Morgan fingerprint density at radius 2 is 1.71 bits per heavy atom. The lowest BCUT2D eigenvalue weighted by Gasteiger charge is -2.29. The van der Waals surface area contributed by atoms with Gasteiger partial charge in [0.15, 0.2) is 6.54 Å². The van der Waals surface area contributed by atoms with E-state index in [4.69, 9.17) is 16.3 Å². The van der Waals surface area contributed by atoms with E-state index >= 15 is 0 Å². The van der Waals surface area contributed by atoms with Gasteiger partial charge in [0.1, 0.15) is 50.1 Å². The first-order chi connectivity index (χ1) is 13.4. The smallest absolute Gasteiger partial charge is 0.279 e. The zero-order valence-corrected chi connectivity index (χ0v) is 16.4. The number of ether oxygens (including phenoxy) is 1. The second kappa shape index (κ2) is 9.32. The first-order valence-corrected chi connectivity index (χ1v) is 9.57. The SMILES string of the molecule is COc1ccc(F)cc1C[NH+]1CC[NH+](CC(=O)Nc2ccc(F)cc2Cl)CC1. The van der Waals surface area contributed by atoms with Crippen molar-refractivity contribution in [3.05, 3.63) is 58.6 Å². The fourth-order valence-corrected chi connectivity index (χ4v) is 3.69.